The Balaban J connectivity index is 2.28. The lowest BCUT2D eigenvalue weighted by Gasteiger charge is -2.05. The van der Waals surface area contributed by atoms with Gasteiger partial charge in [0.25, 0.3) is 0 Å². The van der Waals surface area contributed by atoms with Gasteiger partial charge in [0, 0.05) is 11.8 Å². The van der Waals surface area contributed by atoms with E-state index in [4.69, 9.17) is 0 Å². The van der Waals surface area contributed by atoms with E-state index in [1.165, 1.54) is 0 Å². The summed E-state index contributed by atoms with van der Waals surface area (Å²) in [6.45, 7) is 2.64. The number of amides is 1. The Morgan fingerprint density at radius 3 is 2.62 bits per heavy atom. The van der Waals surface area contributed by atoms with Crippen LogP contribution in [-0.2, 0) is 4.79 Å². The molecule has 1 aliphatic rings. The van der Waals surface area contributed by atoms with Crippen molar-refractivity contribution in [2.45, 2.75) is 13.0 Å². The van der Waals surface area contributed by atoms with Gasteiger partial charge in [0.15, 0.2) is 0 Å². The molecular weight excluding hydrogens is 122 g/mol. The third-order valence-electron chi connectivity index (χ3n) is 1.32. The summed E-state index contributed by atoms with van der Waals surface area (Å²) >= 11 is 4.04. The summed E-state index contributed by atoms with van der Waals surface area (Å²) in [5, 5.41) is 0. The van der Waals surface area contributed by atoms with E-state index in [0.29, 0.717) is 12.6 Å². The first-order chi connectivity index (χ1) is 3.75. The van der Waals surface area contributed by atoms with Crippen LogP contribution in [0.5, 0.6) is 0 Å². The quantitative estimate of drug-likeness (QED) is 0.417. The van der Waals surface area contributed by atoms with Crippen LogP contribution in [0, 0.1) is 0 Å². The summed E-state index contributed by atoms with van der Waals surface area (Å²) in [4.78, 5) is 12.2. The van der Waals surface area contributed by atoms with Crippen LogP contribution in [0.1, 0.15) is 6.92 Å². The average molecular weight is 131 g/mol. The van der Waals surface area contributed by atoms with Gasteiger partial charge in [-0.1, -0.05) is 0 Å². The van der Waals surface area contributed by atoms with E-state index in [1.54, 1.807) is 4.90 Å². The number of rotatable bonds is 2. The van der Waals surface area contributed by atoms with E-state index in [-0.39, 0.29) is 5.91 Å². The van der Waals surface area contributed by atoms with Crippen molar-refractivity contribution in [3.8, 4) is 0 Å². The molecule has 0 N–H and O–H groups in total. The van der Waals surface area contributed by atoms with Crippen LogP contribution in [0.15, 0.2) is 0 Å². The van der Waals surface area contributed by atoms with E-state index in [0.717, 1.165) is 5.75 Å². The highest BCUT2D eigenvalue weighted by Crippen LogP contribution is 2.12. The van der Waals surface area contributed by atoms with Crippen molar-refractivity contribution in [1.82, 2.24) is 4.90 Å². The number of carbonyl (C=O) groups is 1. The second kappa shape index (κ2) is 1.97. The monoisotopic (exact) mass is 131 g/mol. The number of nitrogens with zero attached hydrogens (tertiary/aromatic N) is 1. The molecule has 1 heterocycles. The van der Waals surface area contributed by atoms with E-state index in [9.17, 15) is 4.79 Å². The zero-order chi connectivity index (χ0) is 6.15. The second-order valence-electron chi connectivity index (χ2n) is 2.05. The lowest BCUT2D eigenvalue weighted by atomic mass is 10.4. The molecule has 0 aromatic carbocycles. The molecule has 1 saturated heterocycles. The molecule has 1 aliphatic heterocycles. The van der Waals surface area contributed by atoms with Crippen LogP contribution in [0.4, 0.5) is 0 Å². The third-order valence-corrected chi connectivity index (χ3v) is 1.85. The maximum atomic E-state index is 10.4. The van der Waals surface area contributed by atoms with Crippen molar-refractivity contribution >= 4 is 18.5 Å². The minimum atomic E-state index is 0.256. The molecule has 0 saturated carbocycles. The molecule has 46 valence electrons. The highest BCUT2D eigenvalue weighted by molar-refractivity contribution is 7.80. The number of thiol groups is 1. The fourth-order valence-electron chi connectivity index (χ4n) is 0.611. The molecule has 2 nitrogen and oxygen atoms in total. The zero-order valence-corrected chi connectivity index (χ0v) is 5.69. The first kappa shape index (κ1) is 5.95. The van der Waals surface area contributed by atoms with E-state index in [2.05, 4.69) is 12.6 Å². The molecule has 0 aromatic heterocycles. The summed E-state index contributed by atoms with van der Waals surface area (Å²) in [5.41, 5.74) is 0. The molecule has 8 heavy (non-hydrogen) atoms. The lowest BCUT2D eigenvalue weighted by molar-refractivity contribution is -0.114. The topological polar surface area (TPSA) is 20.1 Å². The summed E-state index contributed by atoms with van der Waals surface area (Å²) in [6.07, 6.45) is 0. The maximum Gasteiger partial charge on any atom is 0.242 e. The predicted octanol–water partition coefficient (Wildman–Crippen LogP) is 0.147. The normalized spacial score (nSPS) is 21.2. The molecule has 0 bridgehead atoms. The minimum Gasteiger partial charge on any atom is -0.328 e. The van der Waals surface area contributed by atoms with E-state index >= 15 is 0 Å². The largest absolute Gasteiger partial charge is 0.328 e. The molecule has 1 fully saturated rings. The van der Waals surface area contributed by atoms with Crippen LogP contribution in [0.25, 0.3) is 0 Å². The van der Waals surface area contributed by atoms with Gasteiger partial charge in [-0.05, 0) is 6.92 Å². The number of carbonyl (C=O) groups excluding carboxylic acids is 1. The summed E-state index contributed by atoms with van der Waals surface area (Å²) < 4.78 is 0. The van der Waals surface area contributed by atoms with Crippen molar-refractivity contribution in [3.05, 3.63) is 0 Å². The highest BCUT2D eigenvalue weighted by Gasteiger charge is 2.33. The van der Waals surface area contributed by atoms with Crippen molar-refractivity contribution in [3.63, 3.8) is 0 Å². The molecule has 1 rings (SSSR count). The lowest BCUT2D eigenvalue weighted by Crippen LogP contribution is -2.16. The van der Waals surface area contributed by atoms with Gasteiger partial charge in [-0.15, -0.1) is 0 Å². The maximum absolute atomic E-state index is 10.4. The Morgan fingerprint density at radius 1 is 2.00 bits per heavy atom. The zero-order valence-electron chi connectivity index (χ0n) is 4.79. The molecule has 0 aromatic rings. The summed E-state index contributed by atoms with van der Waals surface area (Å²) in [6, 6.07) is 0.339. The molecule has 0 aliphatic carbocycles. The highest BCUT2D eigenvalue weighted by atomic mass is 32.1. The van der Waals surface area contributed by atoms with Crippen LogP contribution in [0.2, 0.25) is 0 Å². The van der Waals surface area contributed by atoms with Gasteiger partial charge in [0.2, 0.25) is 5.91 Å². The van der Waals surface area contributed by atoms with Crippen molar-refractivity contribution in [2.75, 3.05) is 12.3 Å². The summed E-state index contributed by atoms with van der Waals surface area (Å²) in [5.74, 6) is 1.03. The standard InChI is InChI=1S/C5H9NOS/c1-4(3-8)6-2-5(6)7/h4,8H,2-3H2,1H3. The Labute approximate surface area is 54.3 Å². The van der Waals surface area contributed by atoms with Crippen LogP contribution in [0.3, 0.4) is 0 Å². The van der Waals surface area contributed by atoms with Gasteiger partial charge in [-0.2, -0.15) is 12.6 Å². The van der Waals surface area contributed by atoms with Crippen molar-refractivity contribution in [2.24, 2.45) is 0 Å². The van der Waals surface area contributed by atoms with Crippen LogP contribution in [-0.4, -0.2) is 29.1 Å². The van der Waals surface area contributed by atoms with Gasteiger partial charge < -0.3 is 4.90 Å². The molecule has 3 heteroatoms. The summed E-state index contributed by atoms with van der Waals surface area (Å²) in [7, 11) is 0. The van der Waals surface area contributed by atoms with Gasteiger partial charge in [0.05, 0.1) is 0 Å². The fourth-order valence-corrected chi connectivity index (χ4v) is 0.808. The van der Waals surface area contributed by atoms with E-state index < -0.39 is 0 Å². The number of hydrogen-bond acceptors (Lipinski definition) is 2. The average Bonchev–Trinajstić information content (AvgIpc) is 2.45. The first-order valence-electron chi connectivity index (χ1n) is 2.66. The molecule has 1 amide bonds. The molecule has 0 radical (unpaired) electrons. The Hall–Kier alpha value is -0.180. The third kappa shape index (κ3) is 0.968. The van der Waals surface area contributed by atoms with Crippen LogP contribution >= 0.6 is 12.6 Å². The smallest absolute Gasteiger partial charge is 0.242 e. The Bertz CT molecular complexity index is 115. The van der Waals surface area contributed by atoms with Gasteiger partial charge >= 0.3 is 0 Å². The van der Waals surface area contributed by atoms with Gasteiger partial charge in [-0.25, -0.2) is 0 Å². The van der Waals surface area contributed by atoms with Crippen molar-refractivity contribution < 1.29 is 4.79 Å². The fraction of sp³-hybridized carbons (Fsp3) is 0.800. The SMILES string of the molecule is CC(CS)N1CC1=O. The van der Waals surface area contributed by atoms with E-state index in [1.807, 2.05) is 6.92 Å². The number of hydrogen-bond donors (Lipinski definition) is 1. The molecule has 1 unspecified atom stereocenters. The molecule has 1 atom stereocenters. The predicted molar refractivity (Wildman–Crippen MR) is 35.0 cm³/mol. The van der Waals surface area contributed by atoms with Gasteiger partial charge in [-0.3, -0.25) is 4.79 Å². The van der Waals surface area contributed by atoms with Gasteiger partial charge in [0.1, 0.15) is 6.54 Å². The first-order valence-corrected chi connectivity index (χ1v) is 3.29. The Morgan fingerprint density at radius 2 is 2.50 bits per heavy atom. The van der Waals surface area contributed by atoms with Crippen molar-refractivity contribution in [1.29, 1.82) is 0 Å². The minimum absolute atomic E-state index is 0.256. The second-order valence-corrected chi connectivity index (χ2v) is 2.42. The van der Waals surface area contributed by atoms with Crippen LogP contribution < -0.4 is 0 Å². The molecular formula is C5H9NOS. The molecule has 0 spiro atoms. The Kier molecular flexibility index (Phi) is 1.47.